The summed E-state index contributed by atoms with van der Waals surface area (Å²) >= 11 is 0. The Hall–Kier alpha value is -2.27. The summed E-state index contributed by atoms with van der Waals surface area (Å²) in [6.45, 7) is 5.32. The lowest BCUT2D eigenvalue weighted by atomic mass is 10.2. The van der Waals surface area contributed by atoms with Crippen molar-refractivity contribution >= 4 is 11.8 Å². The summed E-state index contributed by atoms with van der Waals surface area (Å²) in [4.78, 5) is 14.0. The molecule has 0 spiro atoms. The van der Waals surface area contributed by atoms with Gasteiger partial charge in [0.2, 0.25) is 0 Å². The molecule has 1 N–H and O–H groups in total. The maximum Gasteiger partial charge on any atom is 0.407 e. The van der Waals surface area contributed by atoms with E-state index in [1.165, 1.54) is 12.1 Å². The summed E-state index contributed by atoms with van der Waals surface area (Å²) in [7, 11) is 0. The zero-order valence-electron chi connectivity index (χ0n) is 11.0. The number of azide groups is 1. The van der Waals surface area contributed by atoms with Gasteiger partial charge in [0, 0.05) is 17.1 Å². The molecule has 1 rings (SSSR count). The minimum atomic E-state index is -0.595. The summed E-state index contributed by atoms with van der Waals surface area (Å²) in [5.74, 6) is -0.536. The van der Waals surface area contributed by atoms with Crippen LogP contribution in [0.25, 0.3) is 10.4 Å². The van der Waals surface area contributed by atoms with Crippen LogP contribution in [0.15, 0.2) is 23.3 Å². The molecule has 0 heterocycles. The first-order chi connectivity index (χ1) is 8.80. The average molecular weight is 266 g/mol. The van der Waals surface area contributed by atoms with E-state index in [2.05, 4.69) is 15.3 Å². The van der Waals surface area contributed by atoms with Gasteiger partial charge in [-0.15, -0.1) is 0 Å². The predicted octanol–water partition coefficient (Wildman–Crippen LogP) is 3.79. The highest BCUT2D eigenvalue weighted by atomic mass is 19.1. The van der Waals surface area contributed by atoms with Gasteiger partial charge in [0.05, 0.1) is 0 Å². The van der Waals surface area contributed by atoms with E-state index in [1.807, 2.05) is 0 Å². The van der Waals surface area contributed by atoms with Crippen LogP contribution >= 0.6 is 0 Å². The second-order valence-corrected chi connectivity index (χ2v) is 4.86. The molecule has 1 aromatic rings. The summed E-state index contributed by atoms with van der Waals surface area (Å²) in [5.41, 5.74) is 8.33. The van der Waals surface area contributed by atoms with E-state index in [4.69, 9.17) is 10.3 Å². The van der Waals surface area contributed by atoms with Crippen LogP contribution in [0.4, 0.5) is 14.9 Å². The number of benzene rings is 1. The number of nitrogens with zero attached hydrogens (tertiary/aromatic N) is 3. The van der Waals surface area contributed by atoms with Crippen LogP contribution in [0.2, 0.25) is 0 Å². The molecule has 0 radical (unpaired) electrons. The number of halogens is 1. The minimum Gasteiger partial charge on any atom is -0.444 e. The van der Waals surface area contributed by atoms with Crippen LogP contribution in [-0.4, -0.2) is 11.7 Å². The number of alkyl carbamates (subject to hydrolysis) is 1. The Kier molecular flexibility index (Phi) is 4.72. The molecule has 19 heavy (non-hydrogen) atoms. The van der Waals surface area contributed by atoms with Crippen molar-refractivity contribution in [3.63, 3.8) is 0 Å². The Bertz CT molecular complexity index is 519. The fourth-order valence-corrected chi connectivity index (χ4v) is 1.33. The first kappa shape index (κ1) is 14.8. The highest BCUT2D eigenvalue weighted by Crippen LogP contribution is 2.17. The molecule has 0 unspecified atom stereocenters. The summed E-state index contributed by atoms with van der Waals surface area (Å²) in [6.07, 6.45) is -0.595. The molecule has 0 bridgehead atoms. The molecule has 0 atom stereocenters. The SMILES string of the molecule is CC(C)(C)OC(=O)NCc1cc(F)cc(N=[N+]=[N-])c1. The third-order valence-electron chi connectivity index (χ3n) is 1.94. The summed E-state index contributed by atoms with van der Waals surface area (Å²) in [6, 6.07) is 3.84. The van der Waals surface area contributed by atoms with Crippen LogP contribution in [0.5, 0.6) is 0 Å². The van der Waals surface area contributed by atoms with E-state index in [-0.39, 0.29) is 12.2 Å². The predicted molar refractivity (Wildman–Crippen MR) is 68.3 cm³/mol. The lowest BCUT2D eigenvalue weighted by Crippen LogP contribution is -2.32. The van der Waals surface area contributed by atoms with Crippen molar-refractivity contribution in [2.75, 3.05) is 0 Å². The number of carbonyl (C=O) groups is 1. The van der Waals surface area contributed by atoms with Gasteiger partial charge in [-0.2, -0.15) is 0 Å². The number of rotatable bonds is 3. The average Bonchev–Trinajstić information content (AvgIpc) is 2.24. The molecular weight excluding hydrogens is 251 g/mol. The maximum atomic E-state index is 13.2. The molecule has 0 aliphatic carbocycles. The quantitative estimate of drug-likeness (QED) is 0.512. The normalized spacial score (nSPS) is 10.5. The lowest BCUT2D eigenvalue weighted by molar-refractivity contribution is 0.0523. The zero-order chi connectivity index (χ0) is 14.5. The molecule has 0 aliphatic rings. The van der Waals surface area contributed by atoms with Gasteiger partial charge in [-0.05, 0) is 50.1 Å². The van der Waals surface area contributed by atoms with E-state index >= 15 is 0 Å². The zero-order valence-corrected chi connectivity index (χ0v) is 11.0. The molecule has 6 nitrogen and oxygen atoms in total. The first-order valence-corrected chi connectivity index (χ1v) is 5.61. The molecule has 0 saturated heterocycles. The second-order valence-electron chi connectivity index (χ2n) is 4.86. The smallest absolute Gasteiger partial charge is 0.407 e. The monoisotopic (exact) mass is 266 g/mol. The molecule has 0 fully saturated rings. The third-order valence-corrected chi connectivity index (χ3v) is 1.94. The van der Waals surface area contributed by atoms with Gasteiger partial charge in [0.15, 0.2) is 0 Å². The molecule has 0 aliphatic heterocycles. The van der Waals surface area contributed by atoms with Crippen molar-refractivity contribution in [2.45, 2.75) is 32.9 Å². The van der Waals surface area contributed by atoms with Gasteiger partial charge < -0.3 is 10.1 Å². The largest absolute Gasteiger partial charge is 0.444 e. The topological polar surface area (TPSA) is 87.1 Å². The van der Waals surface area contributed by atoms with Gasteiger partial charge in [-0.25, -0.2) is 9.18 Å². The first-order valence-electron chi connectivity index (χ1n) is 5.61. The van der Waals surface area contributed by atoms with Crippen LogP contribution in [-0.2, 0) is 11.3 Å². The number of ether oxygens (including phenoxy) is 1. The van der Waals surface area contributed by atoms with Crippen LogP contribution < -0.4 is 5.32 Å². The van der Waals surface area contributed by atoms with Gasteiger partial charge >= 0.3 is 6.09 Å². The van der Waals surface area contributed by atoms with Crippen molar-refractivity contribution in [3.8, 4) is 0 Å². The lowest BCUT2D eigenvalue weighted by Gasteiger charge is -2.19. The van der Waals surface area contributed by atoms with Crippen LogP contribution in [0, 0.1) is 5.82 Å². The Morgan fingerprint density at radius 1 is 1.47 bits per heavy atom. The maximum absolute atomic E-state index is 13.2. The van der Waals surface area contributed by atoms with E-state index in [1.54, 1.807) is 20.8 Å². The Balaban J connectivity index is 2.67. The molecular formula is C12H15FN4O2. The molecule has 7 heteroatoms. The fourth-order valence-electron chi connectivity index (χ4n) is 1.33. The van der Waals surface area contributed by atoms with Crippen molar-refractivity contribution in [3.05, 3.63) is 40.0 Å². The van der Waals surface area contributed by atoms with Gasteiger partial charge in [-0.1, -0.05) is 5.11 Å². The highest BCUT2D eigenvalue weighted by Gasteiger charge is 2.15. The van der Waals surface area contributed by atoms with Crippen molar-refractivity contribution in [1.29, 1.82) is 0 Å². The fraction of sp³-hybridized carbons (Fsp3) is 0.417. The highest BCUT2D eigenvalue weighted by molar-refractivity contribution is 5.67. The number of nitrogens with one attached hydrogen (secondary N) is 1. The number of carbonyl (C=O) groups excluding carboxylic acids is 1. The van der Waals surface area contributed by atoms with E-state index in [0.717, 1.165) is 6.07 Å². The standard InChI is InChI=1S/C12H15FN4O2/c1-12(2,3)19-11(18)15-7-8-4-9(13)6-10(5-8)16-17-14/h4-6H,7H2,1-3H3,(H,15,18). The van der Waals surface area contributed by atoms with E-state index in [0.29, 0.717) is 5.56 Å². The Labute approximate surface area is 110 Å². The molecule has 102 valence electrons. The van der Waals surface area contributed by atoms with Crippen molar-refractivity contribution in [1.82, 2.24) is 5.32 Å². The molecule has 1 amide bonds. The van der Waals surface area contributed by atoms with Crippen LogP contribution in [0.1, 0.15) is 26.3 Å². The minimum absolute atomic E-state index is 0.0840. The Morgan fingerprint density at radius 2 is 2.16 bits per heavy atom. The molecule has 0 saturated carbocycles. The second kappa shape index (κ2) is 6.06. The number of hydrogen-bond donors (Lipinski definition) is 1. The summed E-state index contributed by atoms with van der Waals surface area (Å²) < 4.78 is 18.3. The van der Waals surface area contributed by atoms with Gasteiger partial charge in [-0.3, -0.25) is 0 Å². The third kappa shape index (κ3) is 5.74. The van der Waals surface area contributed by atoms with E-state index in [9.17, 15) is 9.18 Å². The molecule has 1 aromatic carbocycles. The Morgan fingerprint density at radius 3 is 2.74 bits per heavy atom. The van der Waals surface area contributed by atoms with Gasteiger partial charge in [0.1, 0.15) is 11.4 Å². The number of hydrogen-bond acceptors (Lipinski definition) is 3. The number of amides is 1. The molecule has 0 aromatic heterocycles. The summed E-state index contributed by atoms with van der Waals surface area (Å²) in [5, 5.41) is 5.80. The van der Waals surface area contributed by atoms with Gasteiger partial charge in [0.25, 0.3) is 0 Å². The van der Waals surface area contributed by atoms with Crippen LogP contribution in [0.3, 0.4) is 0 Å². The van der Waals surface area contributed by atoms with Crippen molar-refractivity contribution in [2.24, 2.45) is 5.11 Å². The van der Waals surface area contributed by atoms with Crippen molar-refractivity contribution < 1.29 is 13.9 Å². The van der Waals surface area contributed by atoms with E-state index < -0.39 is 17.5 Å².